The summed E-state index contributed by atoms with van der Waals surface area (Å²) in [5.41, 5.74) is 0.607. The second-order valence-corrected chi connectivity index (χ2v) is 6.72. The van der Waals surface area contributed by atoms with Crippen LogP contribution in [0.2, 0.25) is 0 Å². The standard InChI is InChI=1S/C19H18N2O4S/c1-25-19(24)11-14(17-7-4-10-26-17)20-18(23)12-21-9-8-16(22)13-5-2-3-6-15(13)21/h2-10,14H,11-12H2,1H3,(H,20,23)/t14-/m1/s1. The number of rotatable bonds is 6. The van der Waals surface area contributed by atoms with Crippen LogP contribution in [0.25, 0.3) is 10.9 Å². The minimum absolute atomic E-state index is 0.0455. The third kappa shape index (κ3) is 4.00. The molecule has 0 aliphatic rings. The summed E-state index contributed by atoms with van der Waals surface area (Å²) in [5.74, 6) is -0.640. The Balaban J connectivity index is 1.80. The lowest BCUT2D eigenvalue weighted by molar-refractivity contribution is -0.141. The van der Waals surface area contributed by atoms with Crippen LogP contribution in [-0.4, -0.2) is 23.6 Å². The van der Waals surface area contributed by atoms with E-state index in [1.807, 2.05) is 23.6 Å². The molecule has 6 nitrogen and oxygen atoms in total. The predicted octanol–water partition coefficient (Wildman–Crippen LogP) is 2.48. The fraction of sp³-hybridized carbons (Fsp3) is 0.211. The number of benzene rings is 1. The molecule has 1 amide bonds. The molecule has 2 heterocycles. The van der Waals surface area contributed by atoms with Crippen molar-refractivity contribution in [1.82, 2.24) is 9.88 Å². The summed E-state index contributed by atoms with van der Waals surface area (Å²) in [6.45, 7) is 0.0455. The number of ether oxygens (including phenoxy) is 1. The fourth-order valence-corrected chi connectivity index (χ4v) is 3.53. The van der Waals surface area contributed by atoms with Gasteiger partial charge in [-0.05, 0) is 23.6 Å². The van der Waals surface area contributed by atoms with Crippen LogP contribution >= 0.6 is 11.3 Å². The summed E-state index contributed by atoms with van der Waals surface area (Å²) >= 11 is 1.47. The van der Waals surface area contributed by atoms with E-state index >= 15 is 0 Å². The quantitative estimate of drug-likeness (QED) is 0.676. The van der Waals surface area contributed by atoms with E-state index in [2.05, 4.69) is 5.32 Å². The van der Waals surface area contributed by atoms with E-state index < -0.39 is 12.0 Å². The molecule has 0 aliphatic heterocycles. The number of para-hydroxylation sites is 1. The van der Waals surface area contributed by atoms with Gasteiger partial charge in [0.2, 0.25) is 5.91 Å². The molecule has 0 radical (unpaired) electrons. The Morgan fingerprint density at radius 2 is 2.00 bits per heavy atom. The number of carbonyl (C=O) groups excluding carboxylic acids is 2. The maximum absolute atomic E-state index is 12.6. The lowest BCUT2D eigenvalue weighted by Crippen LogP contribution is -2.33. The van der Waals surface area contributed by atoms with Crippen molar-refractivity contribution < 1.29 is 14.3 Å². The topological polar surface area (TPSA) is 77.4 Å². The Kier molecular flexibility index (Phi) is 5.48. The number of amides is 1. The number of aromatic nitrogens is 1. The number of pyridine rings is 1. The van der Waals surface area contributed by atoms with Crippen molar-refractivity contribution >= 4 is 34.1 Å². The van der Waals surface area contributed by atoms with Gasteiger partial charge in [0.05, 0.1) is 25.1 Å². The second-order valence-electron chi connectivity index (χ2n) is 5.74. The van der Waals surface area contributed by atoms with Crippen LogP contribution in [0.15, 0.2) is 58.8 Å². The molecule has 3 rings (SSSR count). The highest BCUT2D eigenvalue weighted by atomic mass is 32.1. The summed E-state index contributed by atoms with van der Waals surface area (Å²) in [6.07, 6.45) is 1.67. The van der Waals surface area contributed by atoms with Crippen molar-refractivity contribution in [3.63, 3.8) is 0 Å². The van der Waals surface area contributed by atoms with Gasteiger partial charge in [-0.1, -0.05) is 18.2 Å². The van der Waals surface area contributed by atoms with E-state index in [1.54, 1.807) is 29.0 Å². The maximum Gasteiger partial charge on any atom is 0.307 e. The number of thiophene rings is 1. The Morgan fingerprint density at radius 3 is 2.73 bits per heavy atom. The monoisotopic (exact) mass is 370 g/mol. The molecule has 0 spiro atoms. The third-order valence-corrected chi connectivity index (χ3v) is 5.01. The first kappa shape index (κ1) is 17.9. The van der Waals surface area contributed by atoms with Crippen molar-refractivity contribution in [2.45, 2.75) is 19.0 Å². The van der Waals surface area contributed by atoms with Gasteiger partial charge in [0, 0.05) is 22.5 Å². The summed E-state index contributed by atoms with van der Waals surface area (Å²) in [5, 5.41) is 5.34. The van der Waals surface area contributed by atoms with E-state index in [9.17, 15) is 14.4 Å². The van der Waals surface area contributed by atoms with Crippen molar-refractivity contribution in [3.8, 4) is 0 Å². The van der Waals surface area contributed by atoms with Crippen molar-refractivity contribution in [2.24, 2.45) is 0 Å². The van der Waals surface area contributed by atoms with E-state index in [-0.39, 0.29) is 24.3 Å². The van der Waals surface area contributed by atoms with E-state index in [0.29, 0.717) is 10.9 Å². The second kappa shape index (κ2) is 7.97. The van der Waals surface area contributed by atoms with Gasteiger partial charge in [-0.15, -0.1) is 11.3 Å². The van der Waals surface area contributed by atoms with Gasteiger partial charge in [0.25, 0.3) is 0 Å². The van der Waals surface area contributed by atoms with Crippen molar-refractivity contribution in [3.05, 3.63) is 69.1 Å². The molecule has 1 N–H and O–H groups in total. The van der Waals surface area contributed by atoms with E-state index in [0.717, 1.165) is 4.88 Å². The number of nitrogens with zero attached hydrogens (tertiary/aromatic N) is 1. The lowest BCUT2D eigenvalue weighted by Gasteiger charge is -2.17. The van der Waals surface area contributed by atoms with Crippen LogP contribution in [0.4, 0.5) is 0 Å². The van der Waals surface area contributed by atoms with Gasteiger partial charge in [-0.25, -0.2) is 0 Å². The molecular formula is C19H18N2O4S. The van der Waals surface area contributed by atoms with Crippen LogP contribution in [-0.2, 0) is 20.9 Å². The first-order chi connectivity index (χ1) is 12.6. The summed E-state index contributed by atoms with van der Waals surface area (Å²) < 4.78 is 6.44. The van der Waals surface area contributed by atoms with Crippen molar-refractivity contribution in [1.29, 1.82) is 0 Å². The van der Waals surface area contributed by atoms with Gasteiger partial charge in [0.15, 0.2) is 5.43 Å². The van der Waals surface area contributed by atoms with E-state index in [4.69, 9.17) is 4.74 Å². The Hall–Kier alpha value is -2.93. The molecular weight excluding hydrogens is 352 g/mol. The zero-order chi connectivity index (χ0) is 18.5. The molecule has 134 valence electrons. The molecule has 1 aromatic carbocycles. The van der Waals surface area contributed by atoms with Crippen molar-refractivity contribution in [2.75, 3.05) is 7.11 Å². The predicted molar refractivity (Wildman–Crippen MR) is 100 cm³/mol. The summed E-state index contributed by atoms with van der Waals surface area (Å²) in [4.78, 5) is 37.0. The summed E-state index contributed by atoms with van der Waals surface area (Å²) in [7, 11) is 1.32. The highest BCUT2D eigenvalue weighted by Gasteiger charge is 2.20. The molecule has 0 unspecified atom stereocenters. The normalized spacial score (nSPS) is 11.9. The number of fused-ring (bicyclic) bond motifs is 1. The number of carbonyl (C=O) groups is 2. The Morgan fingerprint density at radius 1 is 1.19 bits per heavy atom. The molecule has 0 saturated carbocycles. The zero-order valence-electron chi connectivity index (χ0n) is 14.2. The largest absolute Gasteiger partial charge is 0.469 e. The maximum atomic E-state index is 12.6. The average Bonchev–Trinajstić information content (AvgIpc) is 3.18. The number of hydrogen-bond donors (Lipinski definition) is 1. The van der Waals surface area contributed by atoms with Gasteiger partial charge < -0.3 is 14.6 Å². The minimum Gasteiger partial charge on any atom is -0.469 e. The molecule has 7 heteroatoms. The number of methoxy groups -OCH3 is 1. The minimum atomic E-state index is -0.444. The lowest BCUT2D eigenvalue weighted by atomic mass is 10.1. The fourth-order valence-electron chi connectivity index (χ4n) is 2.76. The Bertz CT molecular complexity index is 979. The van der Waals surface area contributed by atoms with Gasteiger partial charge in [0.1, 0.15) is 6.54 Å². The number of hydrogen-bond acceptors (Lipinski definition) is 5. The smallest absolute Gasteiger partial charge is 0.307 e. The zero-order valence-corrected chi connectivity index (χ0v) is 15.0. The SMILES string of the molecule is COC(=O)C[C@@H](NC(=O)Cn1ccc(=O)c2ccccc21)c1cccs1. The van der Waals surface area contributed by atoms with Crippen LogP contribution in [0.1, 0.15) is 17.3 Å². The molecule has 0 aliphatic carbocycles. The van der Waals surface area contributed by atoms with Crippen LogP contribution in [0.5, 0.6) is 0 Å². The van der Waals surface area contributed by atoms with Gasteiger partial charge >= 0.3 is 5.97 Å². The first-order valence-electron chi connectivity index (χ1n) is 8.06. The number of esters is 1. The van der Waals surface area contributed by atoms with Crippen LogP contribution in [0, 0.1) is 0 Å². The van der Waals surface area contributed by atoms with Gasteiger partial charge in [-0.3, -0.25) is 14.4 Å². The van der Waals surface area contributed by atoms with Crippen LogP contribution in [0.3, 0.4) is 0 Å². The molecule has 2 aromatic heterocycles. The first-order valence-corrected chi connectivity index (χ1v) is 8.94. The number of nitrogens with one attached hydrogen (secondary N) is 1. The molecule has 0 bridgehead atoms. The molecule has 0 saturated heterocycles. The average molecular weight is 370 g/mol. The Labute approximate surface area is 154 Å². The van der Waals surface area contributed by atoms with Crippen LogP contribution < -0.4 is 10.7 Å². The van der Waals surface area contributed by atoms with E-state index in [1.165, 1.54) is 24.5 Å². The third-order valence-electron chi connectivity index (χ3n) is 4.02. The highest BCUT2D eigenvalue weighted by Crippen LogP contribution is 2.22. The van der Waals surface area contributed by atoms with Gasteiger partial charge in [-0.2, -0.15) is 0 Å². The molecule has 1 atom stereocenters. The summed E-state index contributed by atoms with van der Waals surface area (Å²) in [6, 6.07) is 11.9. The highest BCUT2D eigenvalue weighted by molar-refractivity contribution is 7.10. The molecule has 26 heavy (non-hydrogen) atoms. The molecule has 3 aromatic rings. The molecule has 0 fully saturated rings.